The predicted octanol–water partition coefficient (Wildman–Crippen LogP) is 3.43. The molecule has 9 heteroatoms. The molecule has 104 valence electrons. The van der Waals surface area contributed by atoms with E-state index in [4.69, 9.17) is 17.3 Å². The Morgan fingerprint density at radius 2 is 2.15 bits per heavy atom. The van der Waals surface area contributed by atoms with Crippen LogP contribution < -0.4 is 11.1 Å². The molecule has 0 spiro atoms. The predicted molar refractivity (Wildman–Crippen MR) is 80.3 cm³/mol. The molecule has 2 aromatic rings. The van der Waals surface area contributed by atoms with Gasteiger partial charge in [0.2, 0.25) is 11.8 Å². The van der Waals surface area contributed by atoms with Crippen LogP contribution >= 0.6 is 27.5 Å². The number of nitrogen functional groups attached to an aromatic ring is 1. The molecule has 7 nitrogen and oxygen atoms in total. The molecule has 0 amide bonds. The highest BCUT2D eigenvalue weighted by atomic mass is 79.9. The molecular formula is C11H9BrClN5O2. The third-order valence-corrected chi connectivity index (χ3v) is 3.33. The van der Waals surface area contributed by atoms with E-state index in [1.165, 1.54) is 6.92 Å². The van der Waals surface area contributed by atoms with Crippen LogP contribution in [0.15, 0.2) is 22.7 Å². The van der Waals surface area contributed by atoms with Gasteiger partial charge in [-0.2, -0.15) is 4.98 Å². The number of hydrogen-bond acceptors (Lipinski definition) is 6. The van der Waals surface area contributed by atoms with Gasteiger partial charge in [0, 0.05) is 9.50 Å². The number of halogens is 2. The molecule has 1 aromatic carbocycles. The minimum absolute atomic E-state index is 0.0306. The van der Waals surface area contributed by atoms with Gasteiger partial charge < -0.3 is 11.1 Å². The Labute approximate surface area is 127 Å². The van der Waals surface area contributed by atoms with Crippen molar-refractivity contribution in [2.45, 2.75) is 6.92 Å². The zero-order valence-corrected chi connectivity index (χ0v) is 12.6. The van der Waals surface area contributed by atoms with E-state index in [0.29, 0.717) is 15.2 Å². The van der Waals surface area contributed by atoms with Gasteiger partial charge in [-0.3, -0.25) is 10.1 Å². The number of hydrogen-bond donors (Lipinski definition) is 2. The number of nitrogens with one attached hydrogen (secondary N) is 1. The lowest BCUT2D eigenvalue weighted by molar-refractivity contribution is -0.385. The first-order valence-corrected chi connectivity index (χ1v) is 6.56. The van der Waals surface area contributed by atoms with Crippen LogP contribution in [-0.4, -0.2) is 14.9 Å². The van der Waals surface area contributed by atoms with Crippen LogP contribution in [0.4, 0.5) is 23.1 Å². The number of rotatable bonds is 3. The minimum Gasteiger partial charge on any atom is -0.368 e. The normalized spacial score (nSPS) is 10.3. The zero-order chi connectivity index (χ0) is 14.9. The molecular weight excluding hydrogens is 350 g/mol. The first kappa shape index (κ1) is 14.5. The lowest BCUT2D eigenvalue weighted by atomic mass is 10.3. The van der Waals surface area contributed by atoms with Gasteiger partial charge >= 0.3 is 5.69 Å². The smallest absolute Gasteiger partial charge is 0.332 e. The summed E-state index contributed by atoms with van der Waals surface area (Å²) in [6.45, 7) is 1.50. The van der Waals surface area contributed by atoms with Crippen molar-refractivity contribution < 1.29 is 4.92 Å². The lowest BCUT2D eigenvalue weighted by Gasteiger charge is -2.10. The Kier molecular flexibility index (Phi) is 4.05. The highest BCUT2D eigenvalue weighted by Crippen LogP contribution is 2.32. The molecule has 0 bridgehead atoms. The quantitative estimate of drug-likeness (QED) is 0.643. The van der Waals surface area contributed by atoms with Crippen LogP contribution in [0.1, 0.15) is 5.69 Å². The second-order valence-corrected chi connectivity index (χ2v) is 5.16. The van der Waals surface area contributed by atoms with Gasteiger partial charge in [0.1, 0.15) is 5.69 Å². The third kappa shape index (κ3) is 2.97. The molecule has 0 saturated carbocycles. The highest BCUT2D eigenvalue weighted by molar-refractivity contribution is 9.10. The molecule has 0 atom stereocenters. The summed E-state index contributed by atoms with van der Waals surface area (Å²) in [5, 5.41) is 14.5. The molecule has 2 rings (SSSR count). The molecule has 0 unspecified atom stereocenters. The monoisotopic (exact) mass is 357 g/mol. The molecule has 0 aliphatic rings. The summed E-state index contributed by atoms with van der Waals surface area (Å²) in [6.07, 6.45) is 0. The number of benzene rings is 1. The molecule has 0 radical (unpaired) electrons. The van der Waals surface area contributed by atoms with E-state index in [0.717, 1.165) is 0 Å². The molecule has 3 N–H and O–H groups in total. The van der Waals surface area contributed by atoms with Gasteiger partial charge in [0.05, 0.1) is 10.6 Å². The van der Waals surface area contributed by atoms with Gasteiger partial charge in [-0.1, -0.05) is 11.6 Å². The van der Waals surface area contributed by atoms with Gasteiger partial charge in [0.25, 0.3) is 0 Å². The van der Waals surface area contributed by atoms with Gasteiger partial charge in [-0.25, -0.2) is 4.98 Å². The Morgan fingerprint density at radius 1 is 1.45 bits per heavy atom. The maximum atomic E-state index is 11.1. The van der Waals surface area contributed by atoms with Crippen molar-refractivity contribution in [2.24, 2.45) is 0 Å². The van der Waals surface area contributed by atoms with Crippen LogP contribution in [0.2, 0.25) is 5.02 Å². The van der Waals surface area contributed by atoms with Crippen LogP contribution in [0.3, 0.4) is 0 Å². The molecule has 0 aliphatic heterocycles. The first-order chi connectivity index (χ1) is 9.38. The summed E-state index contributed by atoms with van der Waals surface area (Å²) in [7, 11) is 0. The summed E-state index contributed by atoms with van der Waals surface area (Å²) in [6, 6.07) is 4.98. The van der Waals surface area contributed by atoms with Crippen molar-refractivity contribution in [1.29, 1.82) is 0 Å². The number of nitrogens with two attached hydrogens (primary N) is 1. The Morgan fingerprint density at radius 3 is 2.75 bits per heavy atom. The van der Waals surface area contributed by atoms with Crippen LogP contribution in [0, 0.1) is 17.0 Å². The fourth-order valence-corrected chi connectivity index (χ4v) is 2.39. The number of nitrogens with zero attached hydrogens (tertiary/aromatic N) is 3. The summed E-state index contributed by atoms with van der Waals surface area (Å²) in [5.74, 6) is -0.0105. The third-order valence-electron chi connectivity index (χ3n) is 2.44. The Bertz CT molecular complexity index is 695. The summed E-state index contributed by atoms with van der Waals surface area (Å²) >= 11 is 9.15. The fourth-order valence-electron chi connectivity index (χ4n) is 1.61. The van der Waals surface area contributed by atoms with E-state index in [1.54, 1.807) is 18.2 Å². The van der Waals surface area contributed by atoms with Crippen molar-refractivity contribution in [3.63, 3.8) is 0 Å². The summed E-state index contributed by atoms with van der Waals surface area (Å²) in [5.41, 5.74) is 6.07. The van der Waals surface area contributed by atoms with E-state index in [-0.39, 0.29) is 23.1 Å². The van der Waals surface area contributed by atoms with Crippen molar-refractivity contribution >= 4 is 50.7 Å². The molecule has 20 heavy (non-hydrogen) atoms. The highest BCUT2D eigenvalue weighted by Gasteiger charge is 2.22. The summed E-state index contributed by atoms with van der Waals surface area (Å²) in [4.78, 5) is 18.2. The van der Waals surface area contributed by atoms with Crippen LogP contribution in [0.5, 0.6) is 0 Å². The molecule has 0 saturated heterocycles. The van der Waals surface area contributed by atoms with Gasteiger partial charge in [-0.15, -0.1) is 0 Å². The Hall–Kier alpha value is -1.93. The topological polar surface area (TPSA) is 107 Å². The molecule has 0 fully saturated rings. The minimum atomic E-state index is -0.555. The maximum Gasteiger partial charge on any atom is 0.332 e. The molecule has 1 heterocycles. The average Bonchev–Trinajstić information content (AvgIpc) is 2.31. The van der Waals surface area contributed by atoms with E-state index in [2.05, 4.69) is 31.2 Å². The molecule has 1 aromatic heterocycles. The maximum absolute atomic E-state index is 11.1. The zero-order valence-electron chi connectivity index (χ0n) is 10.2. The van der Waals surface area contributed by atoms with Gasteiger partial charge in [-0.05, 0) is 41.1 Å². The van der Waals surface area contributed by atoms with Crippen molar-refractivity contribution in [1.82, 2.24) is 9.97 Å². The largest absolute Gasteiger partial charge is 0.368 e. The van der Waals surface area contributed by atoms with Crippen LogP contribution in [0.25, 0.3) is 0 Å². The average molecular weight is 359 g/mol. The molecule has 0 aliphatic carbocycles. The van der Waals surface area contributed by atoms with E-state index in [9.17, 15) is 10.1 Å². The fraction of sp³-hybridized carbons (Fsp3) is 0.0909. The number of nitro groups is 1. The van der Waals surface area contributed by atoms with Crippen molar-refractivity contribution in [3.8, 4) is 0 Å². The second kappa shape index (κ2) is 5.59. The van der Waals surface area contributed by atoms with Crippen molar-refractivity contribution in [2.75, 3.05) is 11.1 Å². The SMILES string of the molecule is Cc1nc(N)nc(Nc2ccc(Cl)cc2Br)c1[N+](=O)[O-]. The van der Waals surface area contributed by atoms with Gasteiger partial charge in [0.15, 0.2) is 0 Å². The number of aromatic nitrogens is 2. The standard InChI is InChI=1S/C11H9BrClN5O2/c1-5-9(18(19)20)10(17-11(14)15-5)16-8-3-2-6(13)4-7(8)12/h2-4H,1H3,(H3,14,15,16,17). The summed E-state index contributed by atoms with van der Waals surface area (Å²) < 4.78 is 0.647. The van der Waals surface area contributed by atoms with Crippen molar-refractivity contribution in [3.05, 3.63) is 43.5 Å². The van der Waals surface area contributed by atoms with E-state index in [1.807, 2.05) is 0 Å². The van der Waals surface area contributed by atoms with E-state index < -0.39 is 4.92 Å². The number of aryl methyl sites for hydroxylation is 1. The van der Waals surface area contributed by atoms with E-state index >= 15 is 0 Å². The first-order valence-electron chi connectivity index (χ1n) is 5.39. The number of anilines is 3. The lowest BCUT2D eigenvalue weighted by Crippen LogP contribution is -2.07. The van der Waals surface area contributed by atoms with Crippen LogP contribution in [-0.2, 0) is 0 Å². The Balaban J connectivity index is 2.50. The second-order valence-electron chi connectivity index (χ2n) is 3.87.